The summed E-state index contributed by atoms with van der Waals surface area (Å²) in [7, 11) is 0. The molecule has 1 heterocycles. The van der Waals surface area contributed by atoms with Gasteiger partial charge < -0.3 is 9.80 Å². The molecule has 2 amide bonds. The first-order valence-electron chi connectivity index (χ1n) is 7.99. The van der Waals surface area contributed by atoms with E-state index in [4.69, 9.17) is 0 Å². The van der Waals surface area contributed by atoms with Crippen molar-refractivity contribution in [2.75, 3.05) is 26.2 Å². The molecule has 0 aromatic heterocycles. The molecule has 1 aromatic rings. The van der Waals surface area contributed by atoms with Crippen LogP contribution in [0.25, 0.3) is 0 Å². The van der Waals surface area contributed by atoms with Gasteiger partial charge in [0.15, 0.2) is 0 Å². The minimum absolute atomic E-state index is 0.0397. The van der Waals surface area contributed by atoms with E-state index in [-0.39, 0.29) is 23.3 Å². The van der Waals surface area contributed by atoms with Crippen LogP contribution >= 0.6 is 0 Å². The lowest BCUT2D eigenvalue weighted by atomic mass is 10.1. The van der Waals surface area contributed by atoms with Crippen LogP contribution in [0.3, 0.4) is 0 Å². The van der Waals surface area contributed by atoms with E-state index >= 15 is 0 Å². The maximum absolute atomic E-state index is 12.6. The molecule has 0 N–H and O–H groups in total. The molecule has 1 fully saturated rings. The quantitative estimate of drug-likeness (QED) is 0.847. The van der Waals surface area contributed by atoms with Crippen LogP contribution in [0.5, 0.6) is 0 Å². The second kappa shape index (κ2) is 7.23. The Hall–Kier alpha value is -2.05. The lowest BCUT2D eigenvalue weighted by molar-refractivity contribution is -0.137. The van der Waals surface area contributed by atoms with Gasteiger partial charge in [0.25, 0.3) is 5.91 Å². The van der Waals surface area contributed by atoms with Crippen molar-refractivity contribution in [3.05, 3.63) is 35.4 Å². The number of nitrogens with zero attached hydrogens (tertiary/aromatic N) is 2. The standard InChI is InChI=1S/C17H21F3N2O2/c1-3-12(2)15(23)21-8-10-22(11-9-21)16(24)13-4-6-14(7-5-13)17(18,19)20/h4-7,12H,3,8-11H2,1-2H3. The average molecular weight is 342 g/mol. The Labute approximate surface area is 139 Å². The molecule has 0 spiro atoms. The van der Waals surface area contributed by atoms with E-state index in [0.717, 1.165) is 18.6 Å². The van der Waals surface area contributed by atoms with Crippen molar-refractivity contribution in [3.63, 3.8) is 0 Å². The highest BCUT2D eigenvalue weighted by molar-refractivity contribution is 5.94. The molecule has 0 radical (unpaired) electrons. The van der Waals surface area contributed by atoms with Gasteiger partial charge in [0.05, 0.1) is 5.56 Å². The van der Waals surface area contributed by atoms with Crippen molar-refractivity contribution >= 4 is 11.8 Å². The van der Waals surface area contributed by atoms with Crippen molar-refractivity contribution in [3.8, 4) is 0 Å². The van der Waals surface area contributed by atoms with Crippen LogP contribution in [0.1, 0.15) is 36.2 Å². The molecule has 1 saturated heterocycles. The van der Waals surface area contributed by atoms with E-state index in [1.807, 2.05) is 13.8 Å². The molecular weight excluding hydrogens is 321 g/mol. The number of hydrogen-bond donors (Lipinski definition) is 0. The number of hydrogen-bond acceptors (Lipinski definition) is 2. The zero-order valence-corrected chi connectivity index (χ0v) is 13.8. The normalized spacial score (nSPS) is 16.9. The maximum atomic E-state index is 12.6. The first kappa shape index (κ1) is 18.3. The molecule has 1 aliphatic rings. The van der Waals surface area contributed by atoms with Gasteiger partial charge in [-0.1, -0.05) is 13.8 Å². The van der Waals surface area contributed by atoms with Gasteiger partial charge in [0.2, 0.25) is 5.91 Å². The largest absolute Gasteiger partial charge is 0.416 e. The number of piperazine rings is 1. The third-order valence-corrected chi connectivity index (χ3v) is 4.37. The van der Waals surface area contributed by atoms with Crippen molar-refractivity contribution in [2.45, 2.75) is 26.4 Å². The number of amides is 2. The highest BCUT2D eigenvalue weighted by Crippen LogP contribution is 2.29. The third kappa shape index (κ3) is 4.07. The third-order valence-electron chi connectivity index (χ3n) is 4.37. The Kier molecular flexibility index (Phi) is 5.51. The molecule has 2 rings (SSSR count). The van der Waals surface area contributed by atoms with Crippen LogP contribution in [-0.2, 0) is 11.0 Å². The lowest BCUT2D eigenvalue weighted by Crippen LogP contribution is -2.51. The summed E-state index contributed by atoms with van der Waals surface area (Å²) in [5, 5.41) is 0. The second-order valence-electron chi connectivity index (χ2n) is 6.00. The van der Waals surface area contributed by atoms with Gasteiger partial charge in [-0.05, 0) is 30.7 Å². The molecule has 0 bridgehead atoms. The zero-order chi connectivity index (χ0) is 17.9. The number of carbonyl (C=O) groups excluding carboxylic acids is 2. The van der Waals surface area contributed by atoms with Crippen LogP contribution in [0.15, 0.2) is 24.3 Å². The molecular formula is C17H21F3N2O2. The number of alkyl halides is 3. The summed E-state index contributed by atoms with van der Waals surface area (Å²) in [6.07, 6.45) is -3.65. The number of halogens is 3. The van der Waals surface area contributed by atoms with Crippen LogP contribution in [0, 0.1) is 5.92 Å². The van der Waals surface area contributed by atoms with Crippen LogP contribution in [0.2, 0.25) is 0 Å². The van der Waals surface area contributed by atoms with E-state index in [9.17, 15) is 22.8 Å². The van der Waals surface area contributed by atoms with Crippen molar-refractivity contribution in [1.82, 2.24) is 9.80 Å². The summed E-state index contributed by atoms with van der Waals surface area (Å²) in [5.74, 6) is -0.263. The summed E-state index contributed by atoms with van der Waals surface area (Å²) in [4.78, 5) is 27.8. The zero-order valence-electron chi connectivity index (χ0n) is 13.8. The van der Waals surface area contributed by atoms with Gasteiger partial charge in [-0.25, -0.2) is 0 Å². The number of rotatable bonds is 3. The molecule has 132 valence electrons. The molecule has 1 aliphatic heterocycles. The minimum Gasteiger partial charge on any atom is -0.339 e. The molecule has 1 unspecified atom stereocenters. The highest BCUT2D eigenvalue weighted by Gasteiger charge is 2.31. The molecule has 0 saturated carbocycles. The topological polar surface area (TPSA) is 40.6 Å². The summed E-state index contributed by atoms with van der Waals surface area (Å²) < 4.78 is 37.7. The Bertz CT molecular complexity index is 591. The first-order valence-corrected chi connectivity index (χ1v) is 7.99. The van der Waals surface area contributed by atoms with E-state index in [2.05, 4.69) is 0 Å². The Morgan fingerprint density at radius 1 is 1.04 bits per heavy atom. The summed E-state index contributed by atoms with van der Waals surface area (Å²) in [5.41, 5.74) is -0.548. The first-order chi connectivity index (χ1) is 11.2. The van der Waals surface area contributed by atoms with Gasteiger partial charge in [-0.15, -0.1) is 0 Å². The summed E-state index contributed by atoms with van der Waals surface area (Å²) in [6.45, 7) is 5.52. The fourth-order valence-electron chi connectivity index (χ4n) is 2.60. The summed E-state index contributed by atoms with van der Waals surface area (Å²) in [6, 6.07) is 4.22. The smallest absolute Gasteiger partial charge is 0.339 e. The predicted octanol–water partition coefficient (Wildman–Crippen LogP) is 3.04. The van der Waals surface area contributed by atoms with Crippen molar-refractivity contribution in [2.24, 2.45) is 5.92 Å². The average Bonchev–Trinajstić information content (AvgIpc) is 2.59. The van der Waals surface area contributed by atoms with Crippen LogP contribution in [-0.4, -0.2) is 47.8 Å². The number of carbonyl (C=O) groups is 2. The van der Waals surface area contributed by atoms with Gasteiger partial charge in [-0.2, -0.15) is 13.2 Å². The number of benzene rings is 1. The fraction of sp³-hybridized carbons (Fsp3) is 0.529. The van der Waals surface area contributed by atoms with E-state index in [1.54, 1.807) is 9.80 Å². The van der Waals surface area contributed by atoms with E-state index in [1.165, 1.54) is 12.1 Å². The fourth-order valence-corrected chi connectivity index (χ4v) is 2.60. The van der Waals surface area contributed by atoms with Gasteiger partial charge in [0.1, 0.15) is 0 Å². The monoisotopic (exact) mass is 342 g/mol. The van der Waals surface area contributed by atoms with Gasteiger partial charge in [0, 0.05) is 37.7 Å². The van der Waals surface area contributed by atoms with Crippen molar-refractivity contribution in [1.29, 1.82) is 0 Å². The van der Waals surface area contributed by atoms with E-state index in [0.29, 0.717) is 26.2 Å². The predicted molar refractivity (Wildman–Crippen MR) is 83.4 cm³/mol. The molecule has 4 nitrogen and oxygen atoms in total. The lowest BCUT2D eigenvalue weighted by Gasteiger charge is -2.36. The molecule has 1 atom stereocenters. The Morgan fingerprint density at radius 2 is 1.54 bits per heavy atom. The molecule has 7 heteroatoms. The van der Waals surface area contributed by atoms with E-state index < -0.39 is 11.7 Å². The minimum atomic E-state index is -4.41. The van der Waals surface area contributed by atoms with Crippen LogP contribution in [0.4, 0.5) is 13.2 Å². The maximum Gasteiger partial charge on any atom is 0.416 e. The molecule has 0 aliphatic carbocycles. The van der Waals surface area contributed by atoms with Gasteiger partial charge >= 0.3 is 6.18 Å². The SMILES string of the molecule is CCC(C)C(=O)N1CCN(C(=O)c2ccc(C(F)(F)F)cc2)CC1. The molecule has 24 heavy (non-hydrogen) atoms. The molecule has 1 aromatic carbocycles. The van der Waals surface area contributed by atoms with Crippen molar-refractivity contribution < 1.29 is 22.8 Å². The summed E-state index contributed by atoms with van der Waals surface area (Å²) >= 11 is 0. The Balaban J connectivity index is 1.97. The highest BCUT2D eigenvalue weighted by atomic mass is 19.4. The van der Waals surface area contributed by atoms with Crippen LogP contribution < -0.4 is 0 Å². The Morgan fingerprint density at radius 3 is 2.00 bits per heavy atom. The van der Waals surface area contributed by atoms with Gasteiger partial charge in [-0.3, -0.25) is 9.59 Å². The second-order valence-corrected chi connectivity index (χ2v) is 6.00.